The number of nitrogens with two attached hydrogens (primary N) is 2. The summed E-state index contributed by atoms with van der Waals surface area (Å²) >= 11 is 0. The van der Waals surface area contributed by atoms with Gasteiger partial charge in [0.05, 0.1) is 18.0 Å². The van der Waals surface area contributed by atoms with Gasteiger partial charge >= 0.3 is 0 Å². The smallest absolute Gasteiger partial charge is 0.139 e. The molecule has 0 saturated carbocycles. The summed E-state index contributed by atoms with van der Waals surface area (Å²) in [7, 11) is 0. The molecule has 0 fully saturated rings. The van der Waals surface area contributed by atoms with Gasteiger partial charge in [-0.2, -0.15) is 5.26 Å². The van der Waals surface area contributed by atoms with Crippen LogP contribution in [0, 0.1) is 11.3 Å². The van der Waals surface area contributed by atoms with E-state index in [1.807, 2.05) is 13.0 Å². The van der Waals surface area contributed by atoms with Crippen LogP contribution in [0.3, 0.4) is 0 Å². The van der Waals surface area contributed by atoms with Gasteiger partial charge in [0.25, 0.3) is 0 Å². The Kier molecular flexibility index (Phi) is 2.60. The van der Waals surface area contributed by atoms with Gasteiger partial charge in [0, 0.05) is 0 Å². The Hall–Kier alpha value is -1.89. The van der Waals surface area contributed by atoms with Crippen molar-refractivity contribution in [3.05, 3.63) is 17.7 Å². The number of rotatable bonds is 2. The Morgan fingerprint density at radius 2 is 2.15 bits per heavy atom. The predicted octanol–water partition coefficient (Wildman–Crippen LogP) is 1.12. The van der Waals surface area contributed by atoms with Crippen LogP contribution in [0.5, 0.6) is 5.75 Å². The van der Waals surface area contributed by atoms with Gasteiger partial charge in [-0.15, -0.1) is 0 Å². The number of hydrogen-bond acceptors (Lipinski definition) is 4. The number of nitrogens with zero attached hydrogens (tertiary/aromatic N) is 1. The highest BCUT2D eigenvalue weighted by Gasteiger charge is 2.08. The van der Waals surface area contributed by atoms with Crippen molar-refractivity contribution in [2.45, 2.75) is 6.92 Å². The summed E-state index contributed by atoms with van der Waals surface area (Å²) in [6.45, 7) is 2.34. The molecule has 1 rings (SSSR count). The lowest BCUT2D eigenvalue weighted by Crippen LogP contribution is -2.01. The highest BCUT2D eigenvalue weighted by Crippen LogP contribution is 2.28. The van der Waals surface area contributed by atoms with Gasteiger partial charge in [-0.05, 0) is 19.1 Å². The van der Waals surface area contributed by atoms with E-state index in [-0.39, 0.29) is 5.69 Å². The first-order chi connectivity index (χ1) is 6.20. The fraction of sp³-hybridized carbons (Fsp3) is 0.222. The third-order valence-electron chi connectivity index (χ3n) is 1.65. The fourth-order valence-corrected chi connectivity index (χ4v) is 1.01. The first-order valence-electron chi connectivity index (χ1n) is 3.91. The zero-order valence-corrected chi connectivity index (χ0v) is 7.37. The first-order valence-corrected chi connectivity index (χ1v) is 3.91. The molecule has 0 atom stereocenters. The second-order valence-electron chi connectivity index (χ2n) is 2.49. The largest absolute Gasteiger partial charge is 0.492 e. The molecule has 0 unspecified atom stereocenters. The number of hydrogen-bond donors (Lipinski definition) is 2. The highest BCUT2D eigenvalue weighted by atomic mass is 16.5. The molecular formula is C9H11N3O. The standard InChI is InChI=1S/C9H11N3O/c1-2-13-8-4-3-7(11)9(12)6(8)5-10/h3-4H,2,11-12H2,1H3. The second kappa shape index (κ2) is 3.68. The van der Waals surface area contributed by atoms with Crippen molar-refractivity contribution in [1.82, 2.24) is 0 Å². The van der Waals surface area contributed by atoms with E-state index in [0.717, 1.165) is 0 Å². The number of benzene rings is 1. The molecule has 68 valence electrons. The van der Waals surface area contributed by atoms with E-state index in [1.165, 1.54) is 0 Å². The Morgan fingerprint density at radius 3 is 2.69 bits per heavy atom. The molecule has 0 heterocycles. The van der Waals surface area contributed by atoms with Crippen molar-refractivity contribution >= 4 is 11.4 Å². The number of anilines is 2. The van der Waals surface area contributed by atoms with Crippen molar-refractivity contribution in [1.29, 1.82) is 5.26 Å². The highest BCUT2D eigenvalue weighted by molar-refractivity contribution is 5.74. The number of nitriles is 1. The third-order valence-corrected chi connectivity index (χ3v) is 1.65. The van der Waals surface area contributed by atoms with Gasteiger partial charge in [-0.25, -0.2) is 0 Å². The zero-order valence-electron chi connectivity index (χ0n) is 7.37. The van der Waals surface area contributed by atoms with Gasteiger partial charge < -0.3 is 16.2 Å². The van der Waals surface area contributed by atoms with Crippen molar-refractivity contribution in [3.63, 3.8) is 0 Å². The maximum atomic E-state index is 8.78. The molecule has 0 saturated heterocycles. The van der Waals surface area contributed by atoms with Crippen molar-refractivity contribution < 1.29 is 4.74 Å². The first kappa shape index (κ1) is 9.20. The maximum absolute atomic E-state index is 8.78. The SMILES string of the molecule is CCOc1ccc(N)c(N)c1C#N. The topological polar surface area (TPSA) is 85.1 Å². The molecule has 0 amide bonds. The minimum absolute atomic E-state index is 0.286. The van der Waals surface area contributed by atoms with E-state index in [0.29, 0.717) is 23.6 Å². The van der Waals surface area contributed by atoms with Gasteiger partial charge in [0.1, 0.15) is 17.4 Å². The monoisotopic (exact) mass is 177 g/mol. The average Bonchev–Trinajstić information content (AvgIpc) is 2.12. The van der Waals surface area contributed by atoms with Crippen LogP contribution in [0.15, 0.2) is 12.1 Å². The zero-order chi connectivity index (χ0) is 9.84. The van der Waals surface area contributed by atoms with Crippen molar-refractivity contribution in [2.75, 3.05) is 18.1 Å². The molecule has 4 heteroatoms. The molecular weight excluding hydrogens is 166 g/mol. The lowest BCUT2D eigenvalue weighted by Gasteiger charge is -2.08. The summed E-state index contributed by atoms with van der Waals surface area (Å²) in [5.74, 6) is 0.483. The molecule has 0 aromatic heterocycles. The molecule has 0 radical (unpaired) electrons. The van der Waals surface area contributed by atoms with E-state index in [2.05, 4.69) is 0 Å². The third kappa shape index (κ3) is 1.64. The van der Waals surface area contributed by atoms with Gasteiger partial charge in [-0.1, -0.05) is 0 Å². The van der Waals surface area contributed by atoms with Crippen LogP contribution < -0.4 is 16.2 Å². The van der Waals surface area contributed by atoms with Crippen LogP contribution >= 0.6 is 0 Å². The van der Waals surface area contributed by atoms with E-state index in [4.69, 9.17) is 21.5 Å². The summed E-state index contributed by atoms with van der Waals surface area (Å²) in [6, 6.07) is 5.23. The minimum Gasteiger partial charge on any atom is -0.492 e. The second-order valence-corrected chi connectivity index (χ2v) is 2.49. The van der Waals surface area contributed by atoms with E-state index < -0.39 is 0 Å². The van der Waals surface area contributed by atoms with Gasteiger partial charge in [0.2, 0.25) is 0 Å². The Morgan fingerprint density at radius 1 is 1.46 bits per heavy atom. The van der Waals surface area contributed by atoms with E-state index >= 15 is 0 Å². The average molecular weight is 177 g/mol. The van der Waals surface area contributed by atoms with Crippen molar-refractivity contribution in [3.8, 4) is 11.8 Å². The van der Waals surface area contributed by atoms with Crippen molar-refractivity contribution in [2.24, 2.45) is 0 Å². The maximum Gasteiger partial charge on any atom is 0.139 e. The van der Waals surface area contributed by atoms with Gasteiger partial charge in [-0.3, -0.25) is 0 Å². The summed E-state index contributed by atoms with van der Waals surface area (Å²) < 4.78 is 5.21. The van der Waals surface area contributed by atoms with Crippen LogP contribution in [0.25, 0.3) is 0 Å². The summed E-state index contributed by atoms with van der Waals surface area (Å²) in [6.07, 6.45) is 0. The van der Waals surface area contributed by atoms with Gasteiger partial charge in [0.15, 0.2) is 0 Å². The normalized spacial score (nSPS) is 9.23. The van der Waals surface area contributed by atoms with Crippen LogP contribution in [-0.4, -0.2) is 6.61 Å². The molecule has 4 nitrogen and oxygen atoms in total. The molecule has 1 aromatic rings. The van der Waals surface area contributed by atoms with Crippen LogP contribution in [0.4, 0.5) is 11.4 Å². The Labute approximate surface area is 76.7 Å². The summed E-state index contributed by atoms with van der Waals surface area (Å²) in [5.41, 5.74) is 12.1. The molecule has 0 bridgehead atoms. The molecule has 0 spiro atoms. The molecule has 13 heavy (non-hydrogen) atoms. The summed E-state index contributed by atoms with van der Waals surface area (Å²) in [4.78, 5) is 0. The number of ether oxygens (including phenoxy) is 1. The van der Waals surface area contributed by atoms with E-state index in [1.54, 1.807) is 12.1 Å². The molecule has 0 aliphatic rings. The lowest BCUT2D eigenvalue weighted by molar-refractivity contribution is 0.339. The fourth-order valence-electron chi connectivity index (χ4n) is 1.01. The van der Waals surface area contributed by atoms with Crippen LogP contribution in [0.1, 0.15) is 12.5 Å². The predicted molar refractivity (Wildman–Crippen MR) is 51.2 cm³/mol. The molecule has 1 aromatic carbocycles. The summed E-state index contributed by atoms with van der Waals surface area (Å²) in [5, 5.41) is 8.78. The quantitative estimate of drug-likeness (QED) is 0.663. The van der Waals surface area contributed by atoms with E-state index in [9.17, 15) is 0 Å². The molecule has 4 N–H and O–H groups in total. The van der Waals surface area contributed by atoms with Crippen LogP contribution in [-0.2, 0) is 0 Å². The molecule has 0 aliphatic carbocycles. The minimum atomic E-state index is 0.286. The molecule has 0 aliphatic heterocycles. The Bertz CT molecular complexity index is 355. The number of nitrogen functional groups attached to an aromatic ring is 2. The van der Waals surface area contributed by atoms with Crippen LogP contribution in [0.2, 0.25) is 0 Å². The Balaban J connectivity index is 3.23. The lowest BCUT2D eigenvalue weighted by atomic mass is 10.1.